The smallest absolute Gasteiger partial charge is 0.141 e. The van der Waals surface area contributed by atoms with Crippen LogP contribution in [0, 0.1) is 5.82 Å². The van der Waals surface area contributed by atoms with Gasteiger partial charge in [-0.05, 0) is 42.3 Å². The van der Waals surface area contributed by atoms with E-state index in [0.29, 0.717) is 18.5 Å². The van der Waals surface area contributed by atoms with Crippen LogP contribution >= 0.6 is 0 Å². The van der Waals surface area contributed by atoms with Crippen molar-refractivity contribution in [3.63, 3.8) is 0 Å². The predicted molar refractivity (Wildman–Crippen MR) is 107 cm³/mol. The molecule has 1 N–H and O–H groups in total. The molecule has 1 heterocycles. The number of aliphatic hydroxyl groups excluding tert-OH is 1. The Bertz CT molecular complexity index is 916. The third-order valence-electron chi connectivity index (χ3n) is 3.80. The summed E-state index contributed by atoms with van der Waals surface area (Å²) in [5, 5.41) is 7.96. The number of hydrogen-bond acceptors (Lipinski definition) is 4. The number of aldehydes is 1. The summed E-state index contributed by atoms with van der Waals surface area (Å²) in [4.78, 5) is 10.8. The Kier molecular flexibility index (Phi) is 9.60. The Balaban J connectivity index is 0.000000921. The minimum atomic E-state index is -0.396. The normalized spacial score (nSPS) is 9.64. The lowest BCUT2D eigenvalue weighted by atomic mass is 10.0. The zero-order valence-corrected chi connectivity index (χ0v) is 16.2. The number of aliphatic hydroxyl groups is 1. The van der Waals surface area contributed by atoms with Crippen LogP contribution < -0.4 is 4.74 Å². The average Bonchev–Trinajstić information content (AvgIpc) is 3.19. The van der Waals surface area contributed by atoms with E-state index in [2.05, 4.69) is 6.58 Å². The fourth-order valence-electron chi connectivity index (χ4n) is 2.63. The molecule has 0 amide bonds. The second kappa shape index (κ2) is 11.7. The highest BCUT2D eigenvalue weighted by Gasteiger charge is 2.10. The molecule has 0 saturated heterocycles. The van der Waals surface area contributed by atoms with Gasteiger partial charge in [-0.2, -0.15) is 0 Å². The van der Waals surface area contributed by atoms with Gasteiger partial charge in [-0.15, -0.1) is 0 Å². The lowest BCUT2D eigenvalue weighted by molar-refractivity contribution is -0.107. The molecular formula is C22H24F2O4. The number of allylic oxidation sites excluding steroid dienone is 1. The predicted octanol–water partition coefficient (Wildman–Crippen LogP) is 5.12. The zero-order chi connectivity index (χ0) is 21.1. The van der Waals surface area contributed by atoms with E-state index < -0.39 is 5.82 Å². The minimum absolute atomic E-state index is 0.188. The highest BCUT2D eigenvalue weighted by atomic mass is 19.1. The highest BCUT2D eigenvalue weighted by molar-refractivity contribution is 5.89. The third kappa shape index (κ3) is 5.76. The number of fused-ring (bicyclic) bond motifs is 1. The van der Waals surface area contributed by atoms with Crippen LogP contribution in [0.2, 0.25) is 0 Å². The molecule has 0 saturated carbocycles. The summed E-state index contributed by atoms with van der Waals surface area (Å²) in [6, 6.07) is 9.98. The molecule has 2 aromatic carbocycles. The van der Waals surface area contributed by atoms with Crippen LogP contribution in [-0.4, -0.2) is 25.7 Å². The molecule has 0 bridgehead atoms. The molecule has 0 radical (unpaired) electrons. The topological polar surface area (TPSA) is 59.7 Å². The van der Waals surface area contributed by atoms with Crippen molar-refractivity contribution in [2.45, 2.75) is 20.0 Å². The first-order valence-electron chi connectivity index (χ1n) is 8.42. The van der Waals surface area contributed by atoms with E-state index in [0.717, 1.165) is 41.1 Å². The van der Waals surface area contributed by atoms with Crippen LogP contribution in [-0.2, 0) is 17.8 Å². The second-order valence-corrected chi connectivity index (χ2v) is 5.67. The number of carbonyl (C=O) groups excluding carboxylic acids is 1. The molecule has 0 aliphatic carbocycles. The molecule has 1 aromatic heterocycles. The van der Waals surface area contributed by atoms with Crippen LogP contribution in [0.1, 0.15) is 23.6 Å². The van der Waals surface area contributed by atoms with Crippen molar-refractivity contribution in [1.82, 2.24) is 0 Å². The number of ether oxygens (including phenoxy) is 1. The Morgan fingerprint density at radius 1 is 1.21 bits per heavy atom. The van der Waals surface area contributed by atoms with Crippen molar-refractivity contribution in [3.05, 3.63) is 71.7 Å². The van der Waals surface area contributed by atoms with Gasteiger partial charge < -0.3 is 19.1 Å². The van der Waals surface area contributed by atoms with Crippen molar-refractivity contribution in [2.75, 3.05) is 14.3 Å². The summed E-state index contributed by atoms with van der Waals surface area (Å²) in [6.07, 6.45) is 2.60. The summed E-state index contributed by atoms with van der Waals surface area (Å²) >= 11 is 0. The number of rotatable bonds is 6. The van der Waals surface area contributed by atoms with Crippen LogP contribution in [0.5, 0.6) is 5.75 Å². The number of hydrogen-bond donors (Lipinski definition) is 1. The summed E-state index contributed by atoms with van der Waals surface area (Å²) < 4.78 is 34.2. The molecule has 6 heteroatoms. The van der Waals surface area contributed by atoms with Crippen molar-refractivity contribution in [2.24, 2.45) is 0 Å². The Labute approximate surface area is 163 Å². The average molecular weight is 390 g/mol. The Morgan fingerprint density at radius 3 is 2.57 bits per heavy atom. The highest BCUT2D eigenvalue weighted by Crippen LogP contribution is 2.28. The fourth-order valence-corrected chi connectivity index (χ4v) is 2.63. The van der Waals surface area contributed by atoms with Crippen LogP contribution in [0.25, 0.3) is 16.5 Å². The van der Waals surface area contributed by atoms with Gasteiger partial charge in [0.15, 0.2) is 0 Å². The van der Waals surface area contributed by atoms with E-state index in [4.69, 9.17) is 14.3 Å². The van der Waals surface area contributed by atoms with E-state index in [1.54, 1.807) is 12.3 Å². The first-order chi connectivity index (χ1) is 13.6. The lowest BCUT2D eigenvalue weighted by Crippen LogP contribution is -2.00. The van der Waals surface area contributed by atoms with E-state index in [1.165, 1.54) is 12.1 Å². The molecular weight excluding hydrogens is 366 g/mol. The van der Waals surface area contributed by atoms with Crippen molar-refractivity contribution < 1.29 is 27.8 Å². The monoisotopic (exact) mass is 390 g/mol. The summed E-state index contributed by atoms with van der Waals surface area (Å²) in [5.74, 6) is -0.0150. The molecule has 150 valence electrons. The second-order valence-electron chi connectivity index (χ2n) is 5.67. The molecule has 0 aliphatic rings. The summed E-state index contributed by atoms with van der Waals surface area (Å²) in [6.45, 7) is 6.15. The van der Waals surface area contributed by atoms with Gasteiger partial charge in [0.25, 0.3) is 0 Å². The number of alkyl halides is 1. The maximum absolute atomic E-state index is 13.5. The molecule has 28 heavy (non-hydrogen) atoms. The standard InChI is InChI=1S/C20H17FO3.CH3F.CH4O/c1-13(2)18-10-14(9-16-6-8-23-20(16)18)12-24-19-11-17(21)4-3-15(19)5-7-22;2*1-2/h3-4,6-11H,1,5,12H2,2H3;1H3;2H,1H3. The number of halogens is 2. The van der Waals surface area contributed by atoms with Crippen molar-refractivity contribution in [3.8, 4) is 5.75 Å². The molecule has 0 fully saturated rings. The van der Waals surface area contributed by atoms with Gasteiger partial charge >= 0.3 is 0 Å². The van der Waals surface area contributed by atoms with E-state index in [9.17, 15) is 13.6 Å². The summed E-state index contributed by atoms with van der Waals surface area (Å²) in [5.41, 5.74) is 4.19. The van der Waals surface area contributed by atoms with E-state index >= 15 is 0 Å². The molecule has 0 unspecified atom stereocenters. The molecule has 3 aromatic rings. The number of furan rings is 1. The van der Waals surface area contributed by atoms with Crippen molar-refractivity contribution >= 4 is 22.8 Å². The van der Waals surface area contributed by atoms with Gasteiger partial charge in [-0.1, -0.05) is 12.6 Å². The molecule has 0 aliphatic heterocycles. The fraction of sp³-hybridized carbons (Fsp3) is 0.227. The van der Waals surface area contributed by atoms with Gasteiger partial charge in [-0.3, -0.25) is 4.39 Å². The van der Waals surface area contributed by atoms with Gasteiger partial charge in [-0.25, -0.2) is 4.39 Å². The van der Waals surface area contributed by atoms with Gasteiger partial charge in [0, 0.05) is 36.1 Å². The van der Waals surface area contributed by atoms with E-state index in [1.807, 2.05) is 25.1 Å². The lowest BCUT2D eigenvalue weighted by Gasteiger charge is -2.12. The number of benzene rings is 2. The van der Waals surface area contributed by atoms with Gasteiger partial charge in [0.05, 0.1) is 13.4 Å². The van der Waals surface area contributed by atoms with Crippen LogP contribution in [0.4, 0.5) is 8.78 Å². The molecule has 0 spiro atoms. The quantitative estimate of drug-likeness (QED) is 0.594. The Morgan fingerprint density at radius 2 is 1.93 bits per heavy atom. The summed E-state index contributed by atoms with van der Waals surface area (Å²) in [7, 11) is 1.50. The van der Waals surface area contributed by atoms with Crippen molar-refractivity contribution in [1.29, 1.82) is 0 Å². The maximum atomic E-state index is 13.5. The zero-order valence-electron chi connectivity index (χ0n) is 16.2. The molecule has 0 atom stereocenters. The first-order valence-corrected chi connectivity index (χ1v) is 8.42. The molecule has 4 nitrogen and oxygen atoms in total. The number of carbonyl (C=O) groups is 1. The van der Waals surface area contributed by atoms with E-state index in [-0.39, 0.29) is 13.0 Å². The van der Waals surface area contributed by atoms with Gasteiger partial charge in [0.1, 0.15) is 30.0 Å². The van der Waals surface area contributed by atoms with Gasteiger partial charge in [0.2, 0.25) is 0 Å². The first kappa shape index (κ1) is 23.0. The Hall–Kier alpha value is -2.99. The minimum Gasteiger partial charge on any atom is -0.489 e. The van der Waals surface area contributed by atoms with Crippen LogP contribution in [0.3, 0.4) is 0 Å². The molecule has 3 rings (SSSR count). The largest absolute Gasteiger partial charge is 0.489 e. The SMILES string of the molecule is C=C(C)c1cc(COc2cc(F)ccc2CC=O)cc2ccoc12.CF.CO. The van der Waals surface area contributed by atoms with Crippen LogP contribution in [0.15, 0.2) is 53.7 Å². The maximum Gasteiger partial charge on any atom is 0.141 e. The third-order valence-corrected chi connectivity index (χ3v) is 3.80.